The highest BCUT2D eigenvalue weighted by Crippen LogP contribution is 2.35. The Morgan fingerprint density at radius 2 is 1.78 bits per heavy atom. The lowest BCUT2D eigenvalue weighted by Crippen LogP contribution is -2.34. The van der Waals surface area contributed by atoms with Gasteiger partial charge in [-0.2, -0.15) is 0 Å². The Bertz CT molecular complexity index is 422. The van der Waals surface area contributed by atoms with E-state index in [9.17, 15) is 0 Å². The molecule has 0 amide bonds. The van der Waals surface area contributed by atoms with Gasteiger partial charge in [0.2, 0.25) is 0 Å². The largest absolute Gasteiger partial charge is 0.496 e. The summed E-state index contributed by atoms with van der Waals surface area (Å²) in [4.78, 5) is 0. The first kappa shape index (κ1) is 15.0. The van der Waals surface area contributed by atoms with E-state index in [1.807, 2.05) is 0 Å². The number of ether oxygens (including phenoxy) is 1. The number of benzene rings is 1. The molecule has 1 aromatic rings. The van der Waals surface area contributed by atoms with E-state index in [4.69, 9.17) is 4.74 Å². The third-order valence-electron chi connectivity index (χ3n) is 3.76. The van der Waals surface area contributed by atoms with Crippen LogP contribution in [-0.4, -0.2) is 20.2 Å². The monoisotopic (exact) mass is 249 g/mol. The second kappa shape index (κ2) is 5.75. The van der Waals surface area contributed by atoms with Crippen LogP contribution in [0.1, 0.15) is 43.0 Å². The van der Waals surface area contributed by atoms with Gasteiger partial charge in [-0.1, -0.05) is 20.8 Å². The molecule has 1 N–H and O–H groups in total. The van der Waals surface area contributed by atoms with E-state index >= 15 is 0 Å². The first-order valence-corrected chi connectivity index (χ1v) is 6.71. The van der Waals surface area contributed by atoms with Crippen molar-refractivity contribution in [2.24, 2.45) is 0 Å². The van der Waals surface area contributed by atoms with Crippen molar-refractivity contribution < 1.29 is 4.74 Å². The Hall–Kier alpha value is -1.02. The smallest absolute Gasteiger partial charge is 0.122 e. The molecule has 0 radical (unpaired) electrons. The van der Waals surface area contributed by atoms with Crippen molar-refractivity contribution in [1.29, 1.82) is 0 Å². The molecule has 0 spiro atoms. The minimum Gasteiger partial charge on any atom is -0.496 e. The van der Waals surface area contributed by atoms with Crippen LogP contribution in [-0.2, 0) is 5.41 Å². The average Bonchev–Trinajstić information content (AvgIpc) is 2.31. The molecule has 1 aromatic carbocycles. The molecule has 0 heterocycles. The molecular formula is C16H27NO. The fourth-order valence-corrected chi connectivity index (χ4v) is 2.82. The fraction of sp³-hybridized carbons (Fsp3) is 0.625. The fourth-order valence-electron chi connectivity index (χ4n) is 2.82. The van der Waals surface area contributed by atoms with Gasteiger partial charge in [0, 0.05) is 12.0 Å². The lowest BCUT2D eigenvalue weighted by molar-refractivity contribution is 0.409. The Labute approximate surface area is 112 Å². The van der Waals surface area contributed by atoms with Gasteiger partial charge in [-0.05, 0) is 55.6 Å². The van der Waals surface area contributed by atoms with E-state index in [0.29, 0.717) is 0 Å². The summed E-state index contributed by atoms with van der Waals surface area (Å²) in [7, 11) is 1.74. The molecule has 102 valence electrons. The van der Waals surface area contributed by atoms with Crippen molar-refractivity contribution >= 4 is 0 Å². The van der Waals surface area contributed by atoms with Crippen LogP contribution >= 0.6 is 0 Å². The molecule has 0 aliphatic rings. The van der Waals surface area contributed by atoms with Crippen LogP contribution in [0.5, 0.6) is 5.75 Å². The van der Waals surface area contributed by atoms with Crippen molar-refractivity contribution in [3.05, 3.63) is 28.3 Å². The zero-order valence-corrected chi connectivity index (χ0v) is 12.9. The van der Waals surface area contributed by atoms with Crippen LogP contribution in [0.4, 0.5) is 0 Å². The summed E-state index contributed by atoms with van der Waals surface area (Å²) in [5, 5.41) is 3.46. The van der Waals surface area contributed by atoms with E-state index in [-0.39, 0.29) is 5.41 Å². The Morgan fingerprint density at radius 3 is 2.28 bits per heavy atom. The number of likely N-dealkylation sites (N-methyl/N-ethyl adjacent to an activating group) is 1. The normalized spacial score (nSPS) is 11.7. The van der Waals surface area contributed by atoms with Crippen molar-refractivity contribution in [1.82, 2.24) is 5.32 Å². The lowest BCUT2D eigenvalue weighted by atomic mass is 9.78. The molecule has 0 fully saturated rings. The molecule has 1 rings (SSSR count). The first-order valence-electron chi connectivity index (χ1n) is 6.71. The number of aryl methyl sites for hydroxylation is 1. The summed E-state index contributed by atoms with van der Waals surface area (Å²) >= 11 is 0. The molecule has 2 nitrogen and oxygen atoms in total. The second-order valence-electron chi connectivity index (χ2n) is 5.68. The summed E-state index contributed by atoms with van der Waals surface area (Å²) in [6, 6.07) is 2.16. The second-order valence-corrected chi connectivity index (χ2v) is 5.68. The molecule has 0 unspecified atom stereocenters. The van der Waals surface area contributed by atoms with Gasteiger partial charge in [0.15, 0.2) is 0 Å². The van der Waals surface area contributed by atoms with Crippen molar-refractivity contribution in [3.63, 3.8) is 0 Å². The maximum atomic E-state index is 5.44. The molecule has 0 aliphatic carbocycles. The molecule has 0 bridgehead atoms. The zero-order valence-electron chi connectivity index (χ0n) is 12.9. The van der Waals surface area contributed by atoms with Gasteiger partial charge in [0.05, 0.1) is 7.11 Å². The van der Waals surface area contributed by atoms with Crippen LogP contribution in [0.2, 0.25) is 0 Å². The maximum Gasteiger partial charge on any atom is 0.122 e. The topological polar surface area (TPSA) is 21.3 Å². The van der Waals surface area contributed by atoms with Gasteiger partial charge >= 0.3 is 0 Å². The highest BCUT2D eigenvalue weighted by molar-refractivity contribution is 5.51. The van der Waals surface area contributed by atoms with Crippen LogP contribution in [0.3, 0.4) is 0 Å². The molecule has 0 aromatic heterocycles. The summed E-state index contributed by atoms with van der Waals surface area (Å²) in [5.74, 6) is 0.994. The first-order chi connectivity index (χ1) is 8.35. The van der Waals surface area contributed by atoms with E-state index in [2.05, 4.69) is 52.9 Å². The van der Waals surface area contributed by atoms with Crippen molar-refractivity contribution in [3.8, 4) is 5.75 Å². The number of rotatable bonds is 5. The van der Waals surface area contributed by atoms with Gasteiger partial charge in [-0.25, -0.2) is 0 Å². The SMILES string of the molecule is CCNCC(C)(C)c1c(C)cc(OC)c(C)c1C. The predicted molar refractivity (Wildman–Crippen MR) is 78.8 cm³/mol. The third-order valence-corrected chi connectivity index (χ3v) is 3.76. The van der Waals surface area contributed by atoms with Crippen LogP contribution in [0.15, 0.2) is 6.07 Å². The van der Waals surface area contributed by atoms with Gasteiger partial charge < -0.3 is 10.1 Å². The number of nitrogens with one attached hydrogen (secondary N) is 1. The maximum absolute atomic E-state index is 5.44. The Kier molecular flexibility index (Phi) is 4.80. The molecule has 18 heavy (non-hydrogen) atoms. The summed E-state index contributed by atoms with van der Waals surface area (Å²) < 4.78 is 5.44. The van der Waals surface area contributed by atoms with E-state index in [1.54, 1.807) is 7.11 Å². The van der Waals surface area contributed by atoms with Gasteiger partial charge in [-0.15, -0.1) is 0 Å². The van der Waals surface area contributed by atoms with Crippen LogP contribution in [0.25, 0.3) is 0 Å². The molecule has 0 saturated carbocycles. The summed E-state index contributed by atoms with van der Waals surface area (Å²) in [6.07, 6.45) is 0. The van der Waals surface area contributed by atoms with Gasteiger partial charge in [0.1, 0.15) is 5.75 Å². The molecule has 0 atom stereocenters. The number of hydrogen-bond donors (Lipinski definition) is 1. The number of methoxy groups -OCH3 is 1. The highest BCUT2D eigenvalue weighted by Gasteiger charge is 2.25. The van der Waals surface area contributed by atoms with Gasteiger partial charge in [0.25, 0.3) is 0 Å². The summed E-state index contributed by atoms with van der Waals surface area (Å²) in [5.41, 5.74) is 5.51. The molecule has 0 aliphatic heterocycles. The van der Waals surface area contributed by atoms with E-state index < -0.39 is 0 Å². The van der Waals surface area contributed by atoms with E-state index in [0.717, 1.165) is 18.8 Å². The minimum atomic E-state index is 0.140. The van der Waals surface area contributed by atoms with Crippen molar-refractivity contribution in [2.75, 3.05) is 20.2 Å². The van der Waals surface area contributed by atoms with Crippen LogP contribution in [0, 0.1) is 20.8 Å². The highest BCUT2D eigenvalue weighted by atomic mass is 16.5. The zero-order chi connectivity index (χ0) is 13.9. The predicted octanol–water partition coefficient (Wildman–Crippen LogP) is 3.51. The van der Waals surface area contributed by atoms with Crippen LogP contribution < -0.4 is 10.1 Å². The molecule has 0 saturated heterocycles. The standard InChI is InChI=1S/C16H27NO/c1-8-17-10-16(5,6)15-11(2)9-14(18-7)12(3)13(15)4/h9,17H,8,10H2,1-7H3. The molecular weight excluding hydrogens is 222 g/mol. The summed E-state index contributed by atoms with van der Waals surface area (Å²) in [6.45, 7) is 15.3. The third kappa shape index (κ3) is 2.86. The quantitative estimate of drug-likeness (QED) is 0.862. The lowest BCUT2D eigenvalue weighted by Gasteiger charge is -2.30. The average molecular weight is 249 g/mol. The number of hydrogen-bond acceptors (Lipinski definition) is 2. The Balaban J connectivity index is 3.28. The molecule has 2 heteroatoms. The van der Waals surface area contributed by atoms with E-state index in [1.165, 1.54) is 22.3 Å². The van der Waals surface area contributed by atoms with Crippen molar-refractivity contribution in [2.45, 2.75) is 47.0 Å². The minimum absolute atomic E-state index is 0.140. The Morgan fingerprint density at radius 1 is 1.17 bits per heavy atom. The van der Waals surface area contributed by atoms with Gasteiger partial charge in [-0.3, -0.25) is 0 Å².